The number of carbonyl (C=O) groups is 2. The Labute approximate surface area is 172 Å². The van der Waals surface area contributed by atoms with Gasteiger partial charge in [-0.1, -0.05) is 37.1 Å². The lowest BCUT2D eigenvalue weighted by Crippen LogP contribution is -2.52. The number of anilines is 2. The van der Waals surface area contributed by atoms with Gasteiger partial charge in [0, 0.05) is 23.5 Å². The van der Waals surface area contributed by atoms with Crippen molar-refractivity contribution in [3.05, 3.63) is 59.7 Å². The molecule has 154 valence electrons. The van der Waals surface area contributed by atoms with Crippen LogP contribution in [0.25, 0.3) is 0 Å². The Bertz CT molecular complexity index is 879. The number of hydrogen-bond donors (Lipinski definition) is 4. The topological polar surface area (TPSA) is 96.2 Å². The normalized spacial score (nSPS) is 21.3. The summed E-state index contributed by atoms with van der Waals surface area (Å²) < 4.78 is 0. The van der Waals surface area contributed by atoms with Crippen molar-refractivity contribution >= 4 is 23.3 Å². The first-order valence-electron chi connectivity index (χ1n) is 10.1. The molecule has 2 unspecified atom stereocenters. The molecule has 2 atom stereocenters. The Morgan fingerprint density at radius 3 is 2.45 bits per heavy atom. The number of amides is 3. The number of aryl methyl sites for hydroxylation is 1. The minimum Gasteiger partial charge on any atom is -0.352 e. The molecule has 1 fully saturated rings. The van der Waals surface area contributed by atoms with Gasteiger partial charge in [-0.15, -0.1) is 0 Å². The van der Waals surface area contributed by atoms with Crippen LogP contribution in [0, 0.1) is 12.8 Å². The van der Waals surface area contributed by atoms with Gasteiger partial charge >= 0.3 is 6.03 Å². The number of nitrogens with two attached hydrogens (primary N) is 1. The molecule has 1 saturated carbocycles. The molecule has 0 heterocycles. The summed E-state index contributed by atoms with van der Waals surface area (Å²) in [6.07, 6.45) is 3.83. The highest BCUT2D eigenvalue weighted by Crippen LogP contribution is 2.31. The van der Waals surface area contributed by atoms with Crippen molar-refractivity contribution in [3.63, 3.8) is 0 Å². The fourth-order valence-corrected chi connectivity index (χ4v) is 3.88. The van der Waals surface area contributed by atoms with Gasteiger partial charge in [-0.2, -0.15) is 0 Å². The lowest BCUT2D eigenvalue weighted by Gasteiger charge is -2.37. The van der Waals surface area contributed by atoms with Crippen molar-refractivity contribution < 1.29 is 9.59 Å². The van der Waals surface area contributed by atoms with E-state index >= 15 is 0 Å². The number of rotatable bonds is 5. The van der Waals surface area contributed by atoms with Gasteiger partial charge in [0.15, 0.2) is 0 Å². The van der Waals surface area contributed by atoms with Crippen molar-refractivity contribution in [2.75, 3.05) is 10.6 Å². The molecule has 0 bridgehead atoms. The average molecular weight is 395 g/mol. The number of hydrogen-bond acceptors (Lipinski definition) is 3. The second-order valence-electron chi connectivity index (χ2n) is 8.17. The summed E-state index contributed by atoms with van der Waals surface area (Å²) in [5.41, 5.74) is 9.29. The average Bonchev–Trinajstić information content (AvgIpc) is 2.66. The number of nitrogens with one attached hydrogen (secondary N) is 3. The molecular formula is C23H30N4O2. The van der Waals surface area contributed by atoms with Crippen LogP contribution in [-0.2, 0) is 11.3 Å². The Balaban J connectivity index is 1.55. The fraction of sp³-hybridized carbons (Fsp3) is 0.391. The zero-order valence-corrected chi connectivity index (χ0v) is 17.1. The van der Waals surface area contributed by atoms with Crippen LogP contribution < -0.4 is 21.7 Å². The van der Waals surface area contributed by atoms with Gasteiger partial charge in [0.1, 0.15) is 0 Å². The summed E-state index contributed by atoms with van der Waals surface area (Å²) in [6, 6.07) is 14.8. The van der Waals surface area contributed by atoms with Crippen LogP contribution in [0.2, 0.25) is 0 Å². The third-order valence-electron chi connectivity index (χ3n) is 5.50. The molecule has 5 N–H and O–H groups in total. The highest BCUT2D eigenvalue weighted by Gasteiger charge is 2.37. The van der Waals surface area contributed by atoms with E-state index in [0.717, 1.165) is 42.5 Å². The summed E-state index contributed by atoms with van der Waals surface area (Å²) in [6.45, 7) is 4.34. The Morgan fingerprint density at radius 2 is 1.76 bits per heavy atom. The van der Waals surface area contributed by atoms with Crippen LogP contribution in [0.15, 0.2) is 48.5 Å². The van der Waals surface area contributed by atoms with E-state index in [1.807, 2.05) is 62.4 Å². The van der Waals surface area contributed by atoms with Crippen molar-refractivity contribution in [1.82, 2.24) is 5.32 Å². The van der Waals surface area contributed by atoms with Crippen LogP contribution >= 0.6 is 0 Å². The lowest BCUT2D eigenvalue weighted by molar-refractivity contribution is -0.128. The van der Waals surface area contributed by atoms with E-state index < -0.39 is 5.54 Å². The van der Waals surface area contributed by atoms with E-state index in [2.05, 4.69) is 16.0 Å². The van der Waals surface area contributed by atoms with Crippen LogP contribution in [0.1, 0.15) is 43.7 Å². The second-order valence-corrected chi connectivity index (χ2v) is 8.17. The summed E-state index contributed by atoms with van der Waals surface area (Å²) in [4.78, 5) is 24.9. The maximum absolute atomic E-state index is 12.6. The fourth-order valence-electron chi connectivity index (χ4n) is 3.88. The molecule has 1 aliphatic rings. The van der Waals surface area contributed by atoms with Gasteiger partial charge in [-0.3, -0.25) is 4.79 Å². The molecule has 2 aromatic carbocycles. The molecule has 2 aromatic rings. The van der Waals surface area contributed by atoms with Gasteiger partial charge in [-0.05, 0) is 62.1 Å². The molecule has 6 nitrogen and oxygen atoms in total. The first kappa shape index (κ1) is 20.9. The maximum Gasteiger partial charge on any atom is 0.323 e. The van der Waals surface area contributed by atoms with Crippen LogP contribution in [-0.4, -0.2) is 17.5 Å². The second kappa shape index (κ2) is 9.09. The lowest BCUT2D eigenvalue weighted by atomic mass is 9.74. The van der Waals surface area contributed by atoms with E-state index in [0.29, 0.717) is 12.2 Å². The predicted molar refractivity (Wildman–Crippen MR) is 117 cm³/mol. The molecule has 0 aliphatic heterocycles. The summed E-state index contributed by atoms with van der Waals surface area (Å²) in [5.74, 6) is -0.150. The minimum atomic E-state index is -0.445. The van der Waals surface area contributed by atoms with E-state index in [-0.39, 0.29) is 17.9 Å². The van der Waals surface area contributed by atoms with Crippen molar-refractivity contribution in [2.24, 2.45) is 11.7 Å². The molecule has 1 aliphatic carbocycles. The van der Waals surface area contributed by atoms with E-state index in [4.69, 9.17) is 5.73 Å². The predicted octanol–water partition coefficient (Wildman–Crippen LogP) is 4.16. The summed E-state index contributed by atoms with van der Waals surface area (Å²) >= 11 is 0. The quantitative estimate of drug-likeness (QED) is 0.613. The number of urea groups is 1. The zero-order chi connectivity index (χ0) is 20.9. The SMILES string of the molecule is Cc1cccc(NC(=O)Nc2cccc(CNC(=O)C3CCCCC3(C)N)c2)c1. The van der Waals surface area contributed by atoms with Crippen molar-refractivity contribution in [2.45, 2.75) is 51.6 Å². The third-order valence-corrected chi connectivity index (χ3v) is 5.50. The van der Waals surface area contributed by atoms with Gasteiger partial charge in [0.05, 0.1) is 5.92 Å². The highest BCUT2D eigenvalue weighted by molar-refractivity contribution is 5.99. The van der Waals surface area contributed by atoms with Crippen LogP contribution in [0.4, 0.5) is 16.2 Å². The molecular weight excluding hydrogens is 364 g/mol. The van der Waals surface area contributed by atoms with E-state index in [1.54, 1.807) is 0 Å². The highest BCUT2D eigenvalue weighted by atomic mass is 16.2. The van der Waals surface area contributed by atoms with Crippen LogP contribution in [0.5, 0.6) is 0 Å². The first-order valence-corrected chi connectivity index (χ1v) is 10.1. The molecule has 0 spiro atoms. The zero-order valence-electron chi connectivity index (χ0n) is 17.1. The Morgan fingerprint density at radius 1 is 1.07 bits per heavy atom. The molecule has 0 saturated heterocycles. The molecule has 0 aromatic heterocycles. The van der Waals surface area contributed by atoms with Gasteiger partial charge in [-0.25, -0.2) is 4.79 Å². The molecule has 3 amide bonds. The first-order chi connectivity index (χ1) is 13.8. The summed E-state index contributed by atoms with van der Waals surface area (Å²) in [5, 5.41) is 8.65. The van der Waals surface area contributed by atoms with Crippen molar-refractivity contribution in [3.8, 4) is 0 Å². The van der Waals surface area contributed by atoms with Crippen LogP contribution in [0.3, 0.4) is 0 Å². The third kappa shape index (κ3) is 5.81. The maximum atomic E-state index is 12.6. The monoisotopic (exact) mass is 394 g/mol. The Hall–Kier alpha value is -2.86. The molecule has 0 radical (unpaired) electrons. The van der Waals surface area contributed by atoms with Crippen molar-refractivity contribution in [1.29, 1.82) is 0 Å². The van der Waals surface area contributed by atoms with Gasteiger partial charge in [0.25, 0.3) is 0 Å². The van der Waals surface area contributed by atoms with E-state index in [9.17, 15) is 9.59 Å². The molecule has 3 rings (SSSR count). The molecule has 6 heteroatoms. The standard InChI is InChI=1S/C23H30N4O2/c1-16-7-5-9-18(13-16)26-22(29)27-19-10-6-8-17(14-19)15-25-21(28)20-11-3-4-12-23(20,2)24/h5-10,13-14,20H,3-4,11-12,15,24H2,1-2H3,(H,25,28)(H2,26,27,29). The van der Waals surface area contributed by atoms with Gasteiger partial charge in [0.2, 0.25) is 5.91 Å². The number of benzene rings is 2. The Kier molecular flexibility index (Phi) is 6.54. The number of carbonyl (C=O) groups excluding carboxylic acids is 2. The van der Waals surface area contributed by atoms with E-state index in [1.165, 1.54) is 0 Å². The smallest absolute Gasteiger partial charge is 0.323 e. The largest absolute Gasteiger partial charge is 0.352 e. The molecule has 29 heavy (non-hydrogen) atoms. The minimum absolute atomic E-state index is 0.00486. The summed E-state index contributed by atoms with van der Waals surface area (Å²) in [7, 11) is 0. The van der Waals surface area contributed by atoms with Gasteiger partial charge < -0.3 is 21.7 Å².